The average Bonchev–Trinajstić information content (AvgIpc) is 2.34. The normalized spacial score (nSPS) is 47.0. The van der Waals surface area contributed by atoms with Gasteiger partial charge in [0.05, 0.1) is 5.08 Å². The van der Waals surface area contributed by atoms with E-state index < -0.39 is 10.8 Å². The summed E-state index contributed by atoms with van der Waals surface area (Å²) in [6.45, 7) is 0. The van der Waals surface area contributed by atoms with Gasteiger partial charge in [-0.2, -0.15) is 0 Å². The zero-order valence-corrected chi connectivity index (χ0v) is 7.55. The lowest BCUT2D eigenvalue weighted by molar-refractivity contribution is 0.521. The zero-order chi connectivity index (χ0) is 6.97. The van der Waals surface area contributed by atoms with Crippen molar-refractivity contribution in [3.63, 3.8) is 0 Å². The molecule has 0 bridgehead atoms. The van der Waals surface area contributed by atoms with Gasteiger partial charge >= 0.3 is 0 Å². The Morgan fingerprint density at radius 2 is 2.10 bits per heavy atom. The highest BCUT2D eigenvalue weighted by atomic mass is 32.2. The van der Waals surface area contributed by atoms with Crippen LogP contribution in [-0.4, -0.2) is 19.8 Å². The van der Waals surface area contributed by atoms with E-state index in [4.69, 9.17) is 0 Å². The molecule has 0 N–H and O–H groups in total. The Bertz CT molecular complexity index is 158. The maximum absolute atomic E-state index is 11.3. The van der Waals surface area contributed by atoms with Crippen molar-refractivity contribution < 1.29 is 4.21 Å². The summed E-state index contributed by atoms with van der Waals surface area (Å²) in [6.07, 6.45) is 5.23. The average molecular weight is 176 g/mol. The Morgan fingerprint density at radius 3 is 2.90 bits per heavy atom. The van der Waals surface area contributed by atoms with Crippen LogP contribution in [-0.2, 0) is 10.8 Å². The molecule has 1 saturated heterocycles. The van der Waals surface area contributed by atoms with E-state index >= 15 is 0 Å². The van der Waals surface area contributed by atoms with Gasteiger partial charge in [0.15, 0.2) is 0 Å². The minimum atomic E-state index is -0.476. The topological polar surface area (TPSA) is 17.1 Å². The fourth-order valence-corrected chi connectivity index (χ4v) is 5.93. The molecule has 3 heteroatoms. The molecule has 1 aliphatic heterocycles. The summed E-state index contributed by atoms with van der Waals surface area (Å²) in [5, 5.41) is 2.24. The fraction of sp³-hybridized carbons (Fsp3) is 1.00. The van der Waals surface area contributed by atoms with Crippen LogP contribution in [0.25, 0.3) is 0 Å². The third-order valence-electron chi connectivity index (χ3n) is 2.38. The van der Waals surface area contributed by atoms with E-state index in [1.54, 1.807) is 0 Å². The minimum absolute atomic E-state index is 0.476. The van der Waals surface area contributed by atoms with Crippen LogP contribution in [0.2, 0.25) is 0 Å². The van der Waals surface area contributed by atoms with Gasteiger partial charge in [-0.1, -0.05) is 12.8 Å². The van der Waals surface area contributed by atoms with Gasteiger partial charge in [-0.05, 0) is 12.8 Å². The molecule has 1 nitrogen and oxygen atoms in total. The molecule has 2 fully saturated rings. The van der Waals surface area contributed by atoms with Crippen molar-refractivity contribution in [2.75, 3.05) is 5.08 Å². The van der Waals surface area contributed by atoms with Crippen LogP contribution in [0.4, 0.5) is 0 Å². The SMILES string of the molecule is O=S1CS[C@@H]2CCCC[C@H]21. The highest BCUT2D eigenvalue weighted by Gasteiger charge is 2.35. The van der Waals surface area contributed by atoms with Crippen LogP contribution in [0, 0.1) is 0 Å². The lowest BCUT2D eigenvalue weighted by atomic mass is 10.00. The van der Waals surface area contributed by atoms with Crippen molar-refractivity contribution in [1.82, 2.24) is 0 Å². The Hall–Kier alpha value is 0.500. The molecule has 0 amide bonds. The molecule has 3 atom stereocenters. The quantitative estimate of drug-likeness (QED) is 0.559. The Kier molecular flexibility index (Phi) is 2.05. The second kappa shape index (κ2) is 2.86. The maximum Gasteiger partial charge on any atom is 0.0698 e. The summed E-state index contributed by atoms with van der Waals surface area (Å²) in [5.41, 5.74) is 0. The van der Waals surface area contributed by atoms with E-state index in [1.807, 2.05) is 11.8 Å². The fourth-order valence-electron chi connectivity index (χ4n) is 1.80. The van der Waals surface area contributed by atoms with Gasteiger partial charge in [-0.25, -0.2) is 0 Å². The largest absolute Gasteiger partial charge is 0.258 e. The smallest absolute Gasteiger partial charge is 0.0698 e. The summed E-state index contributed by atoms with van der Waals surface area (Å²) in [7, 11) is -0.476. The first-order valence-electron chi connectivity index (χ1n) is 3.87. The maximum atomic E-state index is 11.3. The Morgan fingerprint density at radius 1 is 1.30 bits per heavy atom. The molecule has 0 radical (unpaired) electrons. The van der Waals surface area contributed by atoms with Crippen molar-refractivity contribution in [2.24, 2.45) is 0 Å². The highest BCUT2D eigenvalue weighted by Crippen LogP contribution is 2.38. The molecule has 1 unspecified atom stereocenters. The van der Waals surface area contributed by atoms with Crippen molar-refractivity contribution in [1.29, 1.82) is 0 Å². The predicted molar refractivity (Wildman–Crippen MR) is 46.6 cm³/mol. The number of hydrogen-bond donors (Lipinski definition) is 0. The van der Waals surface area contributed by atoms with Crippen LogP contribution < -0.4 is 0 Å². The molecule has 1 aliphatic carbocycles. The second-order valence-corrected chi connectivity index (χ2v) is 6.28. The monoisotopic (exact) mass is 176 g/mol. The van der Waals surface area contributed by atoms with E-state index in [2.05, 4.69) is 0 Å². The van der Waals surface area contributed by atoms with E-state index in [-0.39, 0.29) is 0 Å². The predicted octanol–water partition coefficient (Wildman–Crippen LogP) is 1.75. The molecule has 10 heavy (non-hydrogen) atoms. The standard InChI is InChI=1S/C7H12OS2/c8-10-5-9-6-3-1-2-4-7(6)10/h6-7H,1-5H2/t6-,7-,10?/m1/s1. The second-order valence-electron chi connectivity index (χ2n) is 3.03. The van der Waals surface area contributed by atoms with Crippen molar-refractivity contribution >= 4 is 22.6 Å². The van der Waals surface area contributed by atoms with Crippen LogP contribution in [0.1, 0.15) is 25.7 Å². The summed E-state index contributed by atoms with van der Waals surface area (Å²) in [6, 6.07) is 0. The number of thioether (sulfide) groups is 1. The van der Waals surface area contributed by atoms with Crippen LogP contribution in [0.15, 0.2) is 0 Å². The Balaban J connectivity index is 2.08. The van der Waals surface area contributed by atoms with Gasteiger partial charge in [0.25, 0.3) is 0 Å². The van der Waals surface area contributed by atoms with Gasteiger partial charge in [-0.3, -0.25) is 4.21 Å². The van der Waals surface area contributed by atoms with E-state index in [1.165, 1.54) is 25.7 Å². The summed E-state index contributed by atoms with van der Waals surface area (Å²) in [4.78, 5) is 0. The Labute approximate surface area is 68.4 Å². The first-order chi connectivity index (χ1) is 4.88. The molecule has 2 rings (SSSR count). The first-order valence-corrected chi connectivity index (χ1v) is 6.30. The molecule has 0 aromatic heterocycles. The molecular weight excluding hydrogens is 164 g/mol. The molecule has 1 saturated carbocycles. The molecule has 2 aliphatic rings. The van der Waals surface area contributed by atoms with Crippen molar-refractivity contribution in [3.05, 3.63) is 0 Å². The van der Waals surface area contributed by atoms with Crippen molar-refractivity contribution in [3.8, 4) is 0 Å². The summed E-state index contributed by atoms with van der Waals surface area (Å²) < 4.78 is 11.3. The number of hydrogen-bond acceptors (Lipinski definition) is 2. The van der Waals surface area contributed by atoms with E-state index in [9.17, 15) is 4.21 Å². The molecule has 0 aromatic carbocycles. The summed E-state index contributed by atoms with van der Waals surface area (Å²) in [5.74, 6) is 0. The molecule has 1 heterocycles. The number of fused-ring (bicyclic) bond motifs is 1. The van der Waals surface area contributed by atoms with Crippen molar-refractivity contribution in [2.45, 2.75) is 36.2 Å². The molecule has 0 spiro atoms. The summed E-state index contributed by atoms with van der Waals surface area (Å²) >= 11 is 1.93. The molecule has 58 valence electrons. The third kappa shape index (κ3) is 1.14. The van der Waals surface area contributed by atoms with Gasteiger partial charge < -0.3 is 0 Å². The van der Waals surface area contributed by atoms with Gasteiger partial charge in [0.1, 0.15) is 0 Å². The van der Waals surface area contributed by atoms with E-state index in [0.29, 0.717) is 5.25 Å². The van der Waals surface area contributed by atoms with Crippen LogP contribution in [0.3, 0.4) is 0 Å². The van der Waals surface area contributed by atoms with Crippen LogP contribution >= 0.6 is 11.8 Å². The van der Waals surface area contributed by atoms with Gasteiger partial charge in [-0.15, -0.1) is 11.8 Å². The lowest BCUT2D eigenvalue weighted by Gasteiger charge is -2.22. The first kappa shape index (κ1) is 7.17. The molecule has 0 aromatic rings. The highest BCUT2D eigenvalue weighted by molar-refractivity contribution is 8.14. The number of rotatable bonds is 0. The minimum Gasteiger partial charge on any atom is -0.258 e. The van der Waals surface area contributed by atoms with E-state index in [0.717, 1.165) is 10.3 Å². The lowest BCUT2D eigenvalue weighted by Crippen LogP contribution is -2.25. The van der Waals surface area contributed by atoms with Gasteiger partial charge in [0.2, 0.25) is 0 Å². The zero-order valence-electron chi connectivity index (χ0n) is 5.91. The van der Waals surface area contributed by atoms with Gasteiger partial charge in [0, 0.05) is 21.3 Å². The third-order valence-corrected chi connectivity index (χ3v) is 6.26. The molecular formula is C7H12OS2. The van der Waals surface area contributed by atoms with Crippen LogP contribution in [0.5, 0.6) is 0 Å².